The number of halogens is 1. The van der Waals surface area contributed by atoms with Gasteiger partial charge in [0.05, 0.1) is 0 Å². The summed E-state index contributed by atoms with van der Waals surface area (Å²) < 4.78 is 13.1. The molecule has 1 nitrogen and oxygen atoms in total. The Morgan fingerprint density at radius 2 is 1.71 bits per heavy atom. The minimum atomic E-state index is -0.180. The molecule has 0 saturated heterocycles. The molecule has 1 N–H and O–H groups in total. The maximum atomic E-state index is 13.1. The van der Waals surface area contributed by atoms with Gasteiger partial charge in [0.15, 0.2) is 0 Å². The normalized spacial score (nSPS) is 14.4. The van der Waals surface area contributed by atoms with E-state index in [1.165, 1.54) is 21.9 Å². The minimum absolute atomic E-state index is 0.180. The zero-order valence-corrected chi connectivity index (χ0v) is 14.0. The molecule has 1 heterocycles. The second kappa shape index (κ2) is 7.19. The van der Waals surface area contributed by atoms with Crippen LogP contribution in [-0.2, 0) is 6.42 Å². The Balaban J connectivity index is 2.14. The van der Waals surface area contributed by atoms with Gasteiger partial charge in [-0.05, 0) is 49.1 Å². The van der Waals surface area contributed by atoms with E-state index in [1.807, 2.05) is 23.5 Å². The Kier molecular flexibility index (Phi) is 5.54. The fourth-order valence-corrected chi connectivity index (χ4v) is 3.48. The molecule has 0 amide bonds. The van der Waals surface area contributed by atoms with Gasteiger partial charge in [-0.25, -0.2) is 4.39 Å². The molecule has 0 spiro atoms. The molecule has 2 unspecified atom stereocenters. The van der Waals surface area contributed by atoms with Crippen molar-refractivity contribution < 1.29 is 4.39 Å². The summed E-state index contributed by atoms with van der Waals surface area (Å²) in [6, 6.07) is 11.8. The zero-order valence-electron chi connectivity index (χ0n) is 13.2. The van der Waals surface area contributed by atoms with Gasteiger partial charge in [-0.15, -0.1) is 11.3 Å². The van der Waals surface area contributed by atoms with E-state index < -0.39 is 0 Å². The minimum Gasteiger partial charge on any atom is -0.302 e. The third kappa shape index (κ3) is 4.14. The highest BCUT2D eigenvalue weighted by Crippen LogP contribution is 2.29. The van der Waals surface area contributed by atoms with Crippen molar-refractivity contribution in [1.29, 1.82) is 0 Å². The molecule has 0 aliphatic carbocycles. The van der Waals surface area contributed by atoms with Crippen LogP contribution in [0.4, 0.5) is 4.39 Å². The SMILES string of the molecule is CCc1ccc(C(C)NC(c2ccc(F)cc2)C(C)C)s1. The smallest absolute Gasteiger partial charge is 0.123 e. The topological polar surface area (TPSA) is 12.0 Å². The summed E-state index contributed by atoms with van der Waals surface area (Å²) in [4.78, 5) is 2.78. The van der Waals surface area contributed by atoms with Crippen LogP contribution in [0.2, 0.25) is 0 Å². The van der Waals surface area contributed by atoms with Crippen molar-refractivity contribution in [2.45, 2.75) is 46.2 Å². The molecular weight excluding hydrogens is 281 g/mol. The van der Waals surface area contributed by atoms with E-state index in [4.69, 9.17) is 0 Å². The number of aryl methyl sites for hydroxylation is 1. The molecule has 2 rings (SSSR count). The molecule has 2 atom stereocenters. The molecule has 2 aromatic rings. The summed E-state index contributed by atoms with van der Waals surface area (Å²) in [6.45, 7) is 8.77. The van der Waals surface area contributed by atoms with E-state index in [2.05, 4.69) is 45.1 Å². The summed E-state index contributed by atoms with van der Waals surface area (Å²) in [5.41, 5.74) is 1.14. The summed E-state index contributed by atoms with van der Waals surface area (Å²) >= 11 is 1.87. The van der Waals surface area contributed by atoms with Crippen LogP contribution >= 0.6 is 11.3 Å². The molecule has 3 heteroatoms. The summed E-state index contributed by atoms with van der Waals surface area (Å²) in [5.74, 6) is 0.267. The van der Waals surface area contributed by atoms with Crippen molar-refractivity contribution >= 4 is 11.3 Å². The molecule has 0 saturated carbocycles. The zero-order chi connectivity index (χ0) is 15.4. The first-order valence-electron chi connectivity index (χ1n) is 7.61. The highest BCUT2D eigenvalue weighted by molar-refractivity contribution is 7.12. The third-order valence-corrected chi connectivity index (χ3v) is 5.20. The lowest BCUT2D eigenvalue weighted by atomic mass is 9.95. The van der Waals surface area contributed by atoms with Gasteiger partial charge in [0.1, 0.15) is 5.82 Å². The quantitative estimate of drug-likeness (QED) is 0.743. The lowest BCUT2D eigenvalue weighted by Gasteiger charge is -2.26. The third-order valence-electron chi connectivity index (χ3n) is 3.78. The van der Waals surface area contributed by atoms with Gasteiger partial charge in [0.2, 0.25) is 0 Å². The maximum absolute atomic E-state index is 13.1. The maximum Gasteiger partial charge on any atom is 0.123 e. The van der Waals surface area contributed by atoms with Gasteiger partial charge in [0, 0.05) is 21.8 Å². The fourth-order valence-electron chi connectivity index (χ4n) is 2.51. The van der Waals surface area contributed by atoms with Crippen LogP contribution in [0.5, 0.6) is 0 Å². The average molecular weight is 305 g/mol. The first-order chi connectivity index (χ1) is 10.0. The van der Waals surface area contributed by atoms with E-state index >= 15 is 0 Å². The van der Waals surface area contributed by atoms with Gasteiger partial charge >= 0.3 is 0 Å². The average Bonchev–Trinajstić information content (AvgIpc) is 2.94. The van der Waals surface area contributed by atoms with Crippen molar-refractivity contribution in [1.82, 2.24) is 5.32 Å². The molecule has 0 aliphatic heterocycles. The van der Waals surface area contributed by atoms with Gasteiger partial charge in [-0.3, -0.25) is 0 Å². The number of nitrogens with one attached hydrogen (secondary N) is 1. The predicted octanol–water partition coefficient (Wildman–Crippen LogP) is 5.50. The van der Waals surface area contributed by atoms with Gasteiger partial charge in [0.25, 0.3) is 0 Å². The molecule has 0 fully saturated rings. The van der Waals surface area contributed by atoms with Crippen molar-refractivity contribution in [3.63, 3.8) is 0 Å². The van der Waals surface area contributed by atoms with Crippen LogP contribution < -0.4 is 5.32 Å². The number of thiophene rings is 1. The van der Waals surface area contributed by atoms with E-state index in [-0.39, 0.29) is 11.9 Å². The van der Waals surface area contributed by atoms with E-state index in [1.54, 1.807) is 0 Å². The number of hydrogen-bond donors (Lipinski definition) is 1. The molecule has 0 radical (unpaired) electrons. The van der Waals surface area contributed by atoms with Crippen LogP contribution in [0, 0.1) is 11.7 Å². The molecule has 0 aliphatic rings. The number of rotatable bonds is 6. The molecule has 1 aromatic carbocycles. The van der Waals surface area contributed by atoms with Gasteiger partial charge in [-0.1, -0.05) is 32.9 Å². The van der Waals surface area contributed by atoms with E-state index in [9.17, 15) is 4.39 Å². The van der Waals surface area contributed by atoms with Crippen molar-refractivity contribution in [2.75, 3.05) is 0 Å². The Morgan fingerprint density at radius 1 is 1.05 bits per heavy atom. The predicted molar refractivity (Wildman–Crippen MR) is 89.2 cm³/mol. The number of benzene rings is 1. The summed E-state index contributed by atoms with van der Waals surface area (Å²) in [7, 11) is 0. The van der Waals surface area contributed by atoms with E-state index in [0.717, 1.165) is 12.0 Å². The van der Waals surface area contributed by atoms with Crippen LogP contribution in [0.1, 0.15) is 55.1 Å². The Morgan fingerprint density at radius 3 is 2.24 bits per heavy atom. The molecule has 21 heavy (non-hydrogen) atoms. The number of hydrogen-bond acceptors (Lipinski definition) is 2. The Labute approximate surface area is 131 Å². The second-order valence-electron chi connectivity index (χ2n) is 5.82. The van der Waals surface area contributed by atoms with Crippen molar-refractivity contribution in [2.24, 2.45) is 5.92 Å². The van der Waals surface area contributed by atoms with Crippen LogP contribution in [-0.4, -0.2) is 0 Å². The van der Waals surface area contributed by atoms with Crippen LogP contribution in [0.25, 0.3) is 0 Å². The first kappa shape index (κ1) is 16.2. The second-order valence-corrected chi connectivity index (χ2v) is 7.02. The van der Waals surface area contributed by atoms with Gasteiger partial charge < -0.3 is 5.32 Å². The highest BCUT2D eigenvalue weighted by atomic mass is 32.1. The molecular formula is C18H24FNS. The monoisotopic (exact) mass is 305 g/mol. The molecule has 0 bridgehead atoms. The lowest BCUT2D eigenvalue weighted by molar-refractivity contribution is 0.376. The Hall–Kier alpha value is -1.19. The van der Waals surface area contributed by atoms with Crippen LogP contribution in [0.15, 0.2) is 36.4 Å². The van der Waals surface area contributed by atoms with Crippen molar-refractivity contribution in [3.8, 4) is 0 Å². The first-order valence-corrected chi connectivity index (χ1v) is 8.43. The van der Waals surface area contributed by atoms with Crippen molar-refractivity contribution in [3.05, 3.63) is 57.5 Å². The Bertz CT molecular complexity index is 559. The fraction of sp³-hybridized carbons (Fsp3) is 0.444. The largest absolute Gasteiger partial charge is 0.302 e. The standard InChI is InChI=1S/C18H24FNS/c1-5-16-10-11-17(21-16)13(4)20-18(12(2)3)14-6-8-15(19)9-7-14/h6-13,18,20H,5H2,1-4H3. The highest BCUT2D eigenvalue weighted by Gasteiger charge is 2.19. The summed E-state index contributed by atoms with van der Waals surface area (Å²) in [5, 5.41) is 3.69. The van der Waals surface area contributed by atoms with Crippen LogP contribution in [0.3, 0.4) is 0 Å². The molecule has 1 aromatic heterocycles. The van der Waals surface area contributed by atoms with Gasteiger partial charge in [-0.2, -0.15) is 0 Å². The lowest BCUT2D eigenvalue weighted by Crippen LogP contribution is -2.28. The molecule has 114 valence electrons. The van der Waals surface area contributed by atoms with E-state index in [0.29, 0.717) is 12.0 Å². The summed E-state index contributed by atoms with van der Waals surface area (Å²) in [6.07, 6.45) is 1.09.